The maximum atomic E-state index is 11.7. The van der Waals surface area contributed by atoms with Gasteiger partial charge in [0.1, 0.15) is 12.3 Å². The Kier molecular flexibility index (Phi) is 10.0. The number of hydrogen-bond acceptors (Lipinski definition) is 4. The predicted molar refractivity (Wildman–Crippen MR) is 97.0 cm³/mol. The van der Waals surface area contributed by atoms with Crippen molar-refractivity contribution in [3.63, 3.8) is 0 Å². The van der Waals surface area contributed by atoms with E-state index in [0.717, 1.165) is 25.1 Å². The standard InChI is InChI=1S/C16H28N4O2S/c1-20(2)15(21)13-19-16(17-9-4-5-12-23-3)18-10-8-14-7-6-11-22-14/h6-7,11H,4-5,8-10,12-13H2,1-3H3,(H2,17,18,19). The number of rotatable bonds is 10. The first-order chi connectivity index (χ1) is 11.1. The molecule has 0 aliphatic carbocycles. The first-order valence-corrected chi connectivity index (χ1v) is 9.26. The average molecular weight is 340 g/mol. The van der Waals surface area contributed by atoms with Gasteiger partial charge in [0.25, 0.3) is 0 Å². The Morgan fingerprint density at radius 2 is 2.09 bits per heavy atom. The molecule has 0 aliphatic rings. The van der Waals surface area contributed by atoms with Gasteiger partial charge in [-0.15, -0.1) is 0 Å². The molecule has 0 saturated carbocycles. The normalized spacial score (nSPS) is 11.3. The predicted octanol–water partition coefficient (Wildman–Crippen LogP) is 1.59. The van der Waals surface area contributed by atoms with Crippen molar-refractivity contribution in [3.8, 4) is 0 Å². The van der Waals surface area contributed by atoms with E-state index in [1.54, 1.807) is 25.3 Å². The van der Waals surface area contributed by atoms with Crippen molar-refractivity contribution in [2.24, 2.45) is 4.99 Å². The Balaban J connectivity index is 2.39. The van der Waals surface area contributed by atoms with Gasteiger partial charge >= 0.3 is 0 Å². The maximum Gasteiger partial charge on any atom is 0.243 e. The van der Waals surface area contributed by atoms with Crippen molar-refractivity contribution in [2.45, 2.75) is 19.3 Å². The lowest BCUT2D eigenvalue weighted by Crippen LogP contribution is -2.40. The highest BCUT2D eigenvalue weighted by Gasteiger charge is 2.04. The van der Waals surface area contributed by atoms with Crippen LogP contribution in [-0.2, 0) is 11.2 Å². The van der Waals surface area contributed by atoms with Gasteiger partial charge in [0.2, 0.25) is 5.91 Å². The third-order valence-electron chi connectivity index (χ3n) is 3.18. The first-order valence-electron chi connectivity index (χ1n) is 7.87. The number of guanidine groups is 1. The van der Waals surface area contributed by atoms with Crippen molar-refractivity contribution < 1.29 is 9.21 Å². The summed E-state index contributed by atoms with van der Waals surface area (Å²) in [7, 11) is 3.47. The van der Waals surface area contributed by atoms with E-state index >= 15 is 0 Å². The zero-order valence-electron chi connectivity index (χ0n) is 14.3. The Morgan fingerprint density at radius 1 is 1.30 bits per heavy atom. The molecular weight excluding hydrogens is 312 g/mol. The van der Waals surface area contributed by atoms with Crippen LogP contribution in [0.2, 0.25) is 0 Å². The van der Waals surface area contributed by atoms with Gasteiger partial charge in [-0.3, -0.25) is 4.79 Å². The number of unbranched alkanes of at least 4 members (excludes halogenated alkanes) is 1. The second-order valence-corrected chi connectivity index (χ2v) is 6.32. The number of likely N-dealkylation sites (N-methyl/N-ethyl adjacent to an activating group) is 1. The summed E-state index contributed by atoms with van der Waals surface area (Å²) in [6.45, 7) is 1.71. The van der Waals surface area contributed by atoms with E-state index in [0.29, 0.717) is 12.5 Å². The van der Waals surface area contributed by atoms with Gasteiger partial charge in [-0.2, -0.15) is 11.8 Å². The molecule has 2 N–H and O–H groups in total. The monoisotopic (exact) mass is 340 g/mol. The second-order valence-electron chi connectivity index (χ2n) is 5.34. The smallest absolute Gasteiger partial charge is 0.243 e. The van der Waals surface area contributed by atoms with Crippen LogP contribution < -0.4 is 10.6 Å². The third kappa shape index (κ3) is 9.18. The fraction of sp³-hybridized carbons (Fsp3) is 0.625. The molecule has 1 rings (SSSR count). The van der Waals surface area contributed by atoms with Crippen LogP contribution in [0.25, 0.3) is 0 Å². The lowest BCUT2D eigenvalue weighted by atomic mass is 10.3. The lowest BCUT2D eigenvalue weighted by molar-refractivity contribution is -0.127. The number of carbonyl (C=O) groups excluding carboxylic acids is 1. The highest BCUT2D eigenvalue weighted by atomic mass is 32.2. The molecule has 130 valence electrons. The Labute approximate surface area is 143 Å². The van der Waals surface area contributed by atoms with E-state index in [2.05, 4.69) is 21.9 Å². The molecule has 0 atom stereocenters. The van der Waals surface area contributed by atoms with Gasteiger partial charge in [-0.05, 0) is 37.0 Å². The molecule has 0 aromatic carbocycles. The van der Waals surface area contributed by atoms with Gasteiger partial charge in [0.15, 0.2) is 5.96 Å². The van der Waals surface area contributed by atoms with Gasteiger partial charge in [-0.25, -0.2) is 4.99 Å². The Morgan fingerprint density at radius 3 is 2.74 bits per heavy atom. The Bertz CT molecular complexity index is 461. The molecule has 1 heterocycles. The molecule has 7 heteroatoms. The number of amides is 1. The summed E-state index contributed by atoms with van der Waals surface area (Å²) >= 11 is 1.86. The summed E-state index contributed by atoms with van der Waals surface area (Å²) in [5, 5.41) is 6.53. The maximum absolute atomic E-state index is 11.7. The average Bonchev–Trinajstić information content (AvgIpc) is 3.04. The first kappa shape index (κ1) is 19.4. The van der Waals surface area contributed by atoms with Crippen LogP contribution in [0.15, 0.2) is 27.8 Å². The van der Waals surface area contributed by atoms with E-state index in [4.69, 9.17) is 4.42 Å². The molecule has 0 radical (unpaired) electrons. The number of hydrogen-bond donors (Lipinski definition) is 2. The molecule has 23 heavy (non-hydrogen) atoms. The van der Waals surface area contributed by atoms with Crippen LogP contribution in [0.4, 0.5) is 0 Å². The molecule has 0 aliphatic heterocycles. The highest BCUT2D eigenvalue weighted by Crippen LogP contribution is 2.00. The highest BCUT2D eigenvalue weighted by molar-refractivity contribution is 7.98. The zero-order valence-corrected chi connectivity index (χ0v) is 15.1. The quantitative estimate of drug-likeness (QED) is 0.384. The van der Waals surface area contributed by atoms with E-state index in [1.807, 2.05) is 23.9 Å². The van der Waals surface area contributed by atoms with Gasteiger partial charge in [-0.1, -0.05) is 0 Å². The summed E-state index contributed by atoms with van der Waals surface area (Å²) in [6.07, 6.45) is 6.82. The molecule has 0 spiro atoms. The molecule has 1 amide bonds. The minimum atomic E-state index is -0.0143. The minimum absolute atomic E-state index is 0.0143. The fourth-order valence-corrected chi connectivity index (χ4v) is 2.29. The minimum Gasteiger partial charge on any atom is -0.469 e. The fourth-order valence-electron chi connectivity index (χ4n) is 1.80. The van der Waals surface area contributed by atoms with E-state index < -0.39 is 0 Å². The summed E-state index contributed by atoms with van der Waals surface area (Å²) in [4.78, 5) is 17.6. The van der Waals surface area contributed by atoms with Crippen molar-refractivity contribution in [2.75, 3.05) is 45.7 Å². The SMILES string of the molecule is CSCCCCNC(=NCC(=O)N(C)C)NCCc1ccco1. The second kappa shape index (κ2) is 11.9. The molecule has 1 aromatic heterocycles. The van der Waals surface area contributed by atoms with Crippen LogP contribution in [-0.4, -0.2) is 62.5 Å². The number of aliphatic imine (C=N–C) groups is 1. The third-order valence-corrected chi connectivity index (χ3v) is 3.88. The number of thioether (sulfide) groups is 1. The summed E-state index contributed by atoms with van der Waals surface area (Å²) in [5.41, 5.74) is 0. The molecule has 1 aromatic rings. The van der Waals surface area contributed by atoms with Crippen molar-refractivity contribution in [3.05, 3.63) is 24.2 Å². The molecule has 0 bridgehead atoms. The number of furan rings is 1. The van der Waals surface area contributed by atoms with Crippen LogP contribution in [0, 0.1) is 0 Å². The van der Waals surface area contributed by atoms with Gasteiger partial charge in [0.05, 0.1) is 6.26 Å². The summed E-state index contributed by atoms with van der Waals surface area (Å²) in [6, 6.07) is 3.83. The zero-order chi connectivity index (χ0) is 16.9. The van der Waals surface area contributed by atoms with Crippen molar-refractivity contribution in [1.82, 2.24) is 15.5 Å². The topological polar surface area (TPSA) is 69.9 Å². The number of nitrogens with zero attached hydrogens (tertiary/aromatic N) is 2. The molecule has 6 nitrogen and oxygen atoms in total. The van der Waals surface area contributed by atoms with E-state index in [9.17, 15) is 4.79 Å². The van der Waals surface area contributed by atoms with Gasteiger partial charge < -0.3 is 20.0 Å². The Hall–Kier alpha value is -1.63. The summed E-state index contributed by atoms with van der Waals surface area (Å²) < 4.78 is 5.31. The van der Waals surface area contributed by atoms with Crippen LogP contribution >= 0.6 is 11.8 Å². The van der Waals surface area contributed by atoms with E-state index in [1.165, 1.54) is 12.2 Å². The number of carbonyl (C=O) groups is 1. The molecule has 0 saturated heterocycles. The largest absolute Gasteiger partial charge is 0.469 e. The van der Waals surface area contributed by atoms with Crippen LogP contribution in [0.5, 0.6) is 0 Å². The number of nitrogens with one attached hydrogen (secondary N) is 2. The van der Waals surface area contributed by atoms with E-state index in [-0.39, 0.29) is 12.5 Å². The lowest BCUT2D eigenvalue weighted by Gasteiger charge is -2.13. The van der Waals surface area contributed by atoms with Gasteiger partial charge in [0, 0.05) is 33.6 Å². The van der Waals surface area contributed by atoms with Crippen molar-refractivity contribution in [1.29, 1.82) is 0 Å². The summed E-state index contributed by atoms with van der Waals surface area (Å²) in [5.74, 6) is 2.76. The molecule has 0 unspecified atom stereocenters. The van der Waals surface area contributed by atoms with Crippen molar-refractivity contribution >= 4 is 23.6 Å². The van der Waals surface area contributed by atoms with Crippen LogP contribution in [0.1, 0.15) is 18.6 Å². The molecular formula is C16H28N4O2S. The molecule has 0 fully saturated rings. The van der Waals surface area contributed by atoms with Crippen LogP contribution in [0.3, 0.4) is 0 Å².